The van der Waals surface area contributed by atoms with Gasteiger partial charge in [0.2, 0.25) is 5.91 Å². The summed E-state index contributed by atoms with van der Waals surface area (Å²) in [5.74, 6) is -0.623. The van der Waals surface area contributed by atoms with Gasteiger partial charge < -0.3 is 10.4 Å². The Morgan fingerprint density at radius 2 is 1.86 bits per heavy atom. The van der Waals surface area contributed by atoms with Crippen molar-refractivity contribution < 1.29 is 19.1 Å². The molecule has 21 heavy (non-hydrogen) atoms. The predicted molar refractivity (Wildman–Crippen MR) is 76.4 cm³/mol. The highest BCUT2D eigenvalue weighted by Gasteiger charge is 2.34. The van der Waals surface area contributed by atoms with Crippen molar-refractivity contribution in [3.05, 3.63) is 35.6 Å². The molecular formula is C16H20FNO3. The molecule has 1 aromatic carbocycles. The lowest BCUT2D eigenvalue weighted by atomic mass is 9.80. The highest BCUT2D eigenvalue weighted by Crippen LogP contribution is 2.30. The maximum absolute atomic E-state index is 12.7. The second kappa shape index (κ2) is 6.80. The Kier molecular flexibility index (Phi) is 5.07. The van der Waals surface area contributed by atoms with Gasteiger partial charge in [-0.3, -0.25) is 9.59 Å². The second-order valence-corrected chi connectivity index (χ2v) is 5.64. The van der Waals surface area contributed by atoms with Crippen molar-refractivity contribution in [2.45, 2.75) is 44.1 Å². The quantitative estimate of drug-likeness (QED) is 0.757. The summed E-state index contributed by atoms with van der Waals surface area (Å²) in [5.41, 5.74) is -0.264. The van der Waals surface area contributed by atoms with Crippen molar-refractivity contribution in [2.75, 3.05) is 6.54 Å². The Bertz CT molecular complexity index is 509. The zero-order valence-electron chi connectivity index (χ0n) is 11.9. The van der Waals surface area contributed by atoms with Gasteiger partial charge in [0.1, 0.15) is 5.82 Å². The number of ketones is 1. The van der Waals surface area contributed by atoms with Gasteiger partial charge >= 0.3 is 0 Å². The molecule has 0 heterocycles. The minimum absolute atomic E-state index is 0.0968. The van der Waals surface area contributed by atoms with Crippen molar-refractivity contribution in [2.24, 2.45) is 0 Å². The number of halogens is 1. The number of Topliss-reactive ketones (excluding diaryl/α,β-unsaturated/α-hetero) is 1. The van der Waals surface area contributed by atoms with E-state index in [2.05, 4.69) is 5.32 Å². The Hall–Kier alpha value is -1.75. The number of carbonyl (C=O) groups excluding carboxylic acids is 2. The Morgan fingerprint density at radius 1 is 1.19 bits per heavy atom. The van der Waals surface area contributed by atoms with Crippen LogP contribution in [0.15, 0.2) is 24.3 Å². The molecule has 1 fully saturated rings. The van der Waals surface area contributed by atoms with Crippen LogP contribution in [0.4, 0.5) is 4.39 Å². The molecule has 2 rings (SSSR count). The summed E-state index contributed by atoms with van der Waals surface area (Å²) in [6, 6.07) is 5.40. The fourth-order valence-corrected chi connectivity index (χ4v) is 2.30. The lowest BCUT2D eigenvalue weighted by Crippen LogP contribution is -2.47. The summed E-state index contributed by atoms with van der Waals surface area (Å²) in [7, 11) is 0. The minimum atomic E-state index is -0.723. The summed E-state index contributed by atoms with van der Waals surface area (Å²) < 4.78 is 12.7. The molecule has 0 saturated heterocycles. The average molecular weight is 293 g/mol. The summed E-state index contributed by atoms with van der Waals surface area (Å²) in [4.78, 5) is 23.4. The van der Waals surface area contributed by atoms with Crippen molar-refractivity contribution >= 4 is 11.7 Å². The first kappa shape index (κ1) is 15.6. The summed E-state index contributed by atoms with van der Waals surface area (Å²) in [5, 5.41) is 12.5. The fourth-order valence-electron chi connectivity index (χ4n) is 2.30. The van der Waals surface area contributed by atoms with Crippen molar-refractivity contribution in [1.82, 2.24) is 5.32 Å². The van der Waals surface area contributed by atoms with Crippen LogP contribution in [-0.2, 0) is 4.79 Å². The molecule has 0 unspecified atom stereocenters. The molecule has 0 radical (unpaired) electrons. The van der Waals surface area contributed by atoms with Gasteiger partial charge in [0.25, 0.3) is 0 Å². The maximum atomic E-state index is 12.7. The number of aliphatic hydroxyl groups is 1. The molecule has 0 aromatic heterocycles. The zero-order chi connectivity index (χ0) is 15.3. The lowest BCUT2D eigenvalue weighted by Gasteiger charge is -2.36. The molecule has 2 N–H and O–H groups in total. The summed E-state index contributed by atoms with van der Waals surface area (Å²) in [6.07, 6.45) is 3.41. The van der Waals surface area contributed by atoms with Crippen molar-refractivity contribution in [3.63, 3.8) is 0 Å². The maximum Gasteiger partial charge on any atom is 0.220 e. The third-order valence-corrected chi connectivity index (χ3v) is 3.87. The van der Waals surface area contributed by atoms with Crippen LogP contribution in [0.1, 0.15) is 48.9 Å². The third-order valence-electron chi connectivity index (χ3n) is 3.87. The van der Waals surface area contributed by atoms with E-state index in [0.29, 0.717) is 12.0 Å². The fraction of sp³-hybridized carbons (Fsp3) is 0.500. The SMILES string of the molecule is O=C(CCCC(=O)c1ccc(F)cc1)NCC1(O)CCC1. The van der Waals surface area contributed by atoms with Crippen LogP contribution in [0.25, 0.3) is 0 Å². The van der Waals surface area contributed by atoms with Crippen LogP contribution in [-0.4, -0.2) is 28.9 Å². The van der Waals surface area contributed by atoms with E-state index in [-0.39, 0.29) is 36.9 Å². The average Bonchev–Trinajstić information content (AvgIpc) is 2.43. The molecule has 0 bridgehead atoms. The molecule has 1 aliphatic rings. The minimum Gasteiger partial charge on any atom is -0.388 e. The third kappa shape index (κ3) is 4.63. The van der Waals surface area contributed by atoms with Crippen LogP contribution in [0.2, 0.25) is 0 Å². The predicted octanol–water partition coefficient (Wildman–Crippen LogP) is 2.21. The van der Waals surface area contributed by atoms with Crippen LogP contribution in [0, 0.1) is 5.82 Å². The molecule has 114 valence electrons. The van der Waals surface area contributed by atoms with Gasteiger partial charge in [-0.05, 0) is 49.9 Å². The summed E-state index contributed by atoms with van der Waals surface area (Å²) in [6.45, 7) is 0.289. The summed E-state index contributed by atoms with van der Waals surface area (Å²) >= 11 is 0. The first-order chi connectivity index (χ1) is 9.98. The molecule has 0 aliphatic heterocycles. The number of hydrogen-bond donors (Lipinski definition) is 2. The van der Waals surface area contributed by atoms with Gasteiger partial charge in [-0.1, -0.05) is 0 Å². The van der Waals surface area contributed by atoms with E-state index in [1.165, 1.54) is 24.3 Å². The van der Waals surface area contributed by atoms with E-state index in [4.69, 9.17) is 0 Å². The highest BCUT2D eigenvalue weighted by molar-refractivity contribution is 5.96. The van der Waals surface area contributed by atoms with Crippen LogP contribution < -0.4 is 5.32 Å². The van der Waals surface area contributed by atoms with Crippen molar-refractivity contribution in [3.8, 4) is 0 Å². The van der Waals surface area contributed by atoms with Crippen LogP contribution in [0.3, 0.4) is 0 Å². The van der Waals surface area contributed by atoms with Gasteiger partial charge in [-0.15, -0.1) is 0 Å². The van der Waals surface area contributed by atoms with Crippen LogP contribution >= 0.6 is 0 Å². The van der Waals surface area contributed by atoms with Gasteiger partial charge in [0.15, 0.2) is 5.78 Å². The van der Waals surface area contributed by atoms with Crippen molar-refractivity contribution in [1.29, 1.82) is 0 Å². The topological polar surface area (TPSA) is 66.4 Å². The smallest absolute Gasteiger partial charge is 0.220 e. The second-order valence-electron chi connectivity index (χ2n) is 5.64. The molecule has 1 amide bonds. The highest BCUT2D eigenvalue weighted by atomic mass is 19.1. The zero-order valence-corrected chi connectivity index (χ0v) is 11.9. The Labute approximate surface area is 123 Å². The first-order valence-electron chi connectivity index (χ1n) is 7.26. The van der Waals surface area contributed by atoms with E-state index in [1.54, 1.807) is 0 Å². The van der Waals surface area contributed by atoms with E-state index < -0.39 is 5.60 Å². The largest absolute Gasteiger partial charge is 0.388 e. The molecule has 1 aromatic rings. The number of nitrogens with one attached hydrogen (secondary N) is 1. The van der Waals surface area contributed by atoms with Crippen LogP contribution in [0.5, 0.6) is 0 Å². The van der Waals surface area contributed by atoms with E-state index >= 15 is 0 Å². The number of carbonyl (C=O) groups is 2. The Morgan fingerprint density at radius 3 is 2.43 bits per heavy atom. The molecular weight excluding hydrogens is 273 g/mol. The standard InChI is InChI=1S/C16H20FNO3/c17-13-7-5-12(6-8-13)14(19)3-1-4-15(20)18-11-16(21)9-2-10-16/h5-8,21H,1-4,9-11H2,(H,18,20). The van der Waals surface area contributed by atoms with Gasteiger partial charge in [0, 0.05) is 24.9 Å². The molecule has 1 saturated carbocycles. The monoisotopic (exact) mass is 293 g/mol. The van der Waals surface area contributed by atoms with E-state index in [1.807, 2.05) is 0 Å². The molecule has 0 atom stereocenters. The van der Waals surface area contributed by atoms with Gasteiger partial charge in [-0.2, -0.15) is 0 Å². The number of amides is 1. The number of benzene rings is 1. The molecule has 4 nitrogen and oxygen atoms in total. The number of rotatable bonds is 7. The van der Waals surface area contributed by atoms with Gasteiger partial charge in [-0.25, -0.2) is 4.39 Å². The Balaban J connectivity index is 1.65. The number of hydrogen-bond acceptors (Lipinski definition) is 3. The van der Waals surface area contributed by atoms with E-state index in [0.717, 1.165) is 19.3 Å². The normalized spacial score (nSPS) is 16.1. The van der Waals surface area contributed by atoms with Gasteiger partial charge in [0.05, 0.1) is 5.60 Å². The molecule has 1 aliphatic carbocycles. The molecule has 0 spiro atoms. The lowest BCUT2D eigenvalue weighted by molar-refractivity contribution is -0.123. The van der Waals surface area contributed by atoms with E-state index in [9.17, 15) is 19.1 Å². The first-order valence-corrected chi connectivity index (χ1v) is 7.26. The molecule has 5 heteroatoms.